The zero-order valence-electron chi connectivity index (χ0n) is 14.9. The van der Waals surface area contributed by atoms with E-state index >= 15 is 0 Å². The number of hydrogen-bond acceptors (Lipinski definition) is 3. The van der Waals surface area contributed by atoms with Crippen LogP contribution in [0.25, 0.3) is 5.65 Å². The Bertz CT molecular complexity index is 819. The zero-order valence-corrected chi connectivity index (χ0v) is 14.9. The summed E-state index contributed by atoms with van der Waals surface area (Å²) in [7, 11) is 3.93. The highest BCUT2D eigenvalue weighted by molar-refractivity contribution is 6.04. The van der Waals surface area contributed by atoms with E-state index in [4.69, 9.17) is 0 Å². The first-order chi connectivity index (χ1) is 11.5. The molecule has 2 aromatic heterocycles. The largest absolute Gasteiger partial charge is 0.378 e. The molecular weight excluding hydrogens is 300 g/mol. The lowest BCUT2D eigenvalue weighted by Gasteiger charge is -2.12. The number of anilines is 2. The number of benzene rings is 1. The summed E-state index contributed by atoms with van der Waals surface area (Å²) in [4.78, 5) is 18.6. The summed E-state index contributed by atoms with van der Waals surface area (Å²) in [6.07, 6.45) is 3.79. The van der Waals surface area contributed by atoms with E-state index in [0.29, 0.717) is 11.4 Å². The van der Waals surface area contributed by atoms with Crippen LogP contribution in [0.5, 0.6) is 0 Å². The van der Waals surface area contributed by atoms with Crippen molar-refractivity contribution < 1.29 is 4.79 Å². The molecular formula is C19H24N4O. The molecule has 5 heteroatoms. The number of nitrogens with one attached hydrogen (secondary N) is 1. The highest BCUT2D eigenvalue weighted by Gasteiger charge is 2.09. The van der Waals surface area contributed by atoms with Gasteiger partial charge in [0.05, 0.1) is 6.20 Å². The van der Waals surface area contributed by atoms with Gasteiger partial charge in [-0.2, -0.15) is 0 Å². The average molecular weight is 324 g/mol. The number of fused-ring (bicyclic) bond motifs is 1. The summed E-state index contributed by atoms with van der Waals surface area (Å²) >= 11 is 0. The van der Waals surface area contributed by atoms with Gasteiger partial charge in [-0.3, -0.25) is 4.79 Å². The molecule has 0 unspecified atom stereocenters. The molecule has 5 nitrogen and oxygen atoms in total. The molecule has 0 fully saturated rings. The van der Waals surface area contributed by atoms with E-state index in [-0.39, 0.29) is 5.91 Å². The minimum atomic E-state index is -0.162. The molecule has 1 aromatic carbocycles. The second kappa shape index (κ2) is 7.64. The number of aromatic nitrogens is 2. The van der Waals surface area contributed by atoms with Gasteiger partial charge >= 0.3 is 0 Å². The lowest BCUT2D eigenvalue weighted by atomic mass is 10.2. The van der Waals surface area contributed by atoms with Crippen LogP contribution in [0.2, 0.25) is 0 Å². The molecule has 0 aliphatic carbocycles. The molecule has 0 spiro atoms. The molecule has 0 aliphatic rings. The Morgan fingerprint density at radius 1 is 1.04 bits per heavy atom. The van der Waals surface area contributed by atoms with Crippen LogP contribution in [0.3, 0.4) is 0 Å². The number of carbonyl (C=O) groups excluding carboxylic acids is 1. The van der Waals surface area contributed by atoms with Crippen LogP contribution in [-0.4, -0.2) is 29.4 Å². The van der Waals surface area contributed by atoms with Gasteiger partial charge in [-0.1, -0.05) is 19.9 Å². The fourth-order valence-electron chi connectivity index (χ4n) is 2.26. The number of amides is 1. The minimum Gasteiger partial charge on any atom is -0.378 e. The highest BCUT2D eigenvalue weighted by atomic mass is 16.1. The average Bonchev–Trinajstić information content (AvgIpc) is 2.98. The Kier molecular flexibility index (Phi) is 5.58. The van der Waals surface area contributed by atoms with E-state index in [2.05, 4.69) is 10.3 Å². The molecule has 0 saturated heterocycles. The van der Waals surface area contributed by atoms with Gasteiger partial charge < -0.3 is 14.6 Å². The first kappa shape index (κ1) is 17.5. The van der Waals surface area contributed by atoms with E-state index in [1.165, 1.54) is 0 Å². The maximum Gasteiger partial charge on any atom is 0.256 e. The van der Waals surface area contributed by atoms with Crippen molar-refractivity contribution in [3.8, 4) is 0 Å². The maximum atomic E-state index is 12.3. The van der Waals surface area contributed by atoms with Gasteiger partial charge in [0.1, 0.15) is 5.65 Å². The summed E-state index contributed by atoms with van der Waals surface area (Å²) in [5.41, 5.74) is 3.62. The Morgan fingerprint density at radius 2 is 1.71 bits per heavy atom. The maximum absolute atomic E-state index is 12.3. The second-order valence-corrected chi connectivity index (χ2v) is 5.49. The number of pyridine rings is 1. The highest BCUT2D eigenvalue weighted by Crippen LogP contribution is 2.15. The number of aryl methyl sites for hydroxylation is 1. The number of rotatable bonds is 3. The Morgan fingerprint density at radius 3 is 2.33 bits per heavy atom. The van der Waals surface area contributed by atoms with Crippen LogP contribution in [0, 0.1) is 6.92 Å². The Hall–Kier alpha value is -2.82. The first-order valence-electron chi connectivity index (χ1n) is 8.07. The van der Waals surface area contributed by atoms with Crippen molar-refractivity contribution in [3.05, 3.63) is 59.9 Å². The van der Waals surface area contributed by atoms with Crippen LogP contribution < -0.4 is 10.2 Å². The summed E-state index contributed by atoms with van der Waals surface area (Å²) < 4.78 is 1.90. The molecule has 0 atom stereocenters. The third-order valence-corrected chi connectivity index (χ3v) is 3.49. The molecule has 0 bridgehead atoms. The summed E-state index contributed by atoms with van der Waals surface area (Å²) in [5.74, 6) is 0.387. The summed E-state index contributed by atoms with van der Waals surface area (Å²) in [5, 5.41) is 2.83. The standard InChI is InChI=1S/C17H18N4O.C2H6/c1-12-4-9-16-18-15(11-21(16)10-12)19-17(22)13-5-7-14(8-6-13)20(2)3;1-2/h4-11H,1-3H3,(H,19,22);1-2H3. The molecule has 3 rings (SSSR count). The van der Waals surface area contributed by atoms with E-state index in [9.17, 15) is 4.79 Å². The van der Waals surface area contributed by atoms with Gasteiger partial charge in [0.2, 0.25) is 0 Å². The SMILES string of the molecule is CC.Cc1ccc2nc(NC(=O)c3ccc(N(C)C)cc3)cn2c1. The van der Waals surface area contributed by atoms with Crippen molar-refractivity contribution in [2.24, 2.45) is 0 Å². The van der Waals surface area contributed by atoms with E-state index in [0.717, 1.165) is 16.9 Å². The van der Waals surface area contributed by atoms with Gasteiger partial charge in [-0.25, -0.2) is 4.98 Å². The van der Waals surface area contributed by atoms with Gasteiger partial charge in [0, 0.05) is 31.5 Å². The monoisotopic (exact) mass is 324 g/mol. The first-order valence-corrected chi connectivity index (χ1v) is 8.07. The third-order valence-electron chi connectivity index (χ3n) is 3.49. The van der Waals surface area contributed by atoms with Crippen LogP contribution in [-0.2, 0) is 0 Å². The fourth-order valence-corrected chi connectivity index (χ4v) is 2.26. The number of imidazole rings is 1. The number of nitrogens with zero attached hydrogens (tertiary/aromatic N) is 3. The zero-order chi connectivity index (χ0) is 17.7. The molecule has 0 saturated carbocycles. The second-order valence-electron chi connectivity index (χ2n) is 5.49. The smallest absolute Gasteiger partial charge is 0.256 e. The van der Waals surface area contributed by atoms with Gasteiger partial charge in [-0.05, 0) is 42.8 Å². The Balaban J connectivity index is 0.00000100. The molecule has 126 valence electrons. The van der Waals surface area contributed by atoms with Crippen molar-refractivity contribution in [1.82, 2.24) is 9.38 Å². The molecule has 0 aliphatic heterocycles. The molecule has 0 radical (unpaired) electrons. The van der Waals surface area contributed by atoms with Crippen molar-refractivity contribution in [3.63, 3.8) is 0 Å². The molecule has 24 heavy (non-hydrogen) atoms. The molecule has 2 heterocycles. The third kappa shape index (κ3) is 3.93. The summed E-state index contributed by atoms with van der Waals surface area (Å²) in [6, 6.07) is 11.4. The fraction of sp³-hybridized carbons (Fsp3) is 0.263. The van der Waals surface area contributed by atoms with E-state index in [1.807, 2.05) is 93.0 Å². The lowest BCUT2D eigenvalue weighted by Crippen LogP contribution is -2.13. The van der Waals surface area contributed by atoms with Crippen LogP contribution in [0.1, 0.15) is 29.8 Å². The van der Waals surface area contributed by atoms with E-state index < -0.39 is 0 Å². The predicted octanol–water partition coefficient (Wildman–Crippen LogP) is 3.99. The van der Waals surface area contributed by atoms with Crippen molar-refractivity contribution >= 4 is 23.1 Å². The number of hydrogen-bond donors (Lipinski definition) is 1. The molecule has 1 amide bonds. The lowest BCUT2D eigenvalue weighted by molar-refractivity contribution is 0.102. The molecule has 3 aromatic rings. The Labute approximate surface area is 142 Å². The number of carbonyl (C=O) groups is 1. The molecule has 1 N–H and O–H groups in total. The van der Waals surface area contributed by atoms with E-state index in [1.54, 1.807) is 0 Å². The quantitative estimate of drug-likeness (QED) is 0.792. The van der Waals surface area contributed by atoms with Crippen molar-refractivity contribution in [2.75, 3.05) is 24.3 Å². The summed E-state index contributed by atoms with van der Waals surface area (Å²) in [6.45, 7) is 6.02. The van der Waals surface area contributed by atoms with Crippen molar-refractivity contribution in [2.45, 2.75) is 20.8 Å². The topological polar surface area (TPSA) is 49.6 Å². The normalized spacial score (nSPS) is 10.0. The van der Waals surface area contributed by atoms with Crippen LogP contribution in [0.15, 0.2) is 48.8 Å². The van der Waals surface area contributed by atoms with Crippen LogP contribution in [0.4, 0.5) is 11.5 Å². The minimum absolute atomic E-state index is 0.162. The van der Waals surface area contributed by atoms with Gasteiger partial charge in [0.25, 0.3) is 5.91 Å². The van der Waals surface area contributed by atoms with Crippen molar-refractivity contribution in [1.29, 1.82) is 0 Å². The van der Waals surface area contributed by atoms with Gasteiger partial charge in [0.15, 0.2) is 5.82 Å². The predicted molar refractivity (Wildman–Crippen MR) is 100.0 cm³/mol. The van der Waals surface area contributed by atoms with Crippen LogP contribution >= 0.6 is 0 Å². The van der Waals surface area contributed by atoms with Gasteiger partial charge in [-0.15, -0.1) is 0 Å².